The van der Waals surface area contributed by atoms with E-state index < -0.39 is 0 Å². The average molecular weight is 249 g/mol. The number of halogens is 1. The Kier molecular flexibility index (Phi) is 4.59. The molecule has 2 N–H and O–H groups in total. The molecule has 4 nitrogen and oxygen atoms in total. The van der Waals surface area contributed by atoms with E-state index >= 15 is 0 Å². The first-order valence-electron chi connectivity index (χ1n) is 5.78. The maximum atomic E-state index is 12.0. The lowest BCUT2D eigenvalue weighted by atomic mass is 10.0. The average Bonchev–Trinajstić information content (AvgIpc) is 2.74. The third-order valence-corrected chi connectivity index (χ3v) is 3.71. The van der Waals surface area contributed by atoms with Crippen LogP contribution in [0.2, 0.25) is 0 Å². The van der Waals surface area contributed by atoms with Crippen LogP contribution in [0, 0.1) is 11.8 Å². The SMILES string of the molecule is CC1CN(C(=O)[C@H]2C[C@H](O)CN2)CC1C.Cl. The van der Waals surface area contributed by atoms with Gasteiger partial charge in [-0.1, -0.05) is 13.8 Å². The molecule has 16 heavy (non-hydrogen) atoms. The zero-order valence-electron chi connectivity index (χ0n) is 9.85. The van der Waals surface area contributed by atoms with Crippen LogP contribution >= 0.6 is 12.4 Å². The van der Waals surface area contributed by atoms with Crippen LogP contribution in [0.15, 0.2) is 0 Å². The Bertz CT molecular complexity index is 252. The fraction of sp³-hybridized carbons (Fsp3) is 0.909. The molecule has 2 rings (SSSR count). The first-order chi connectivity index (χ1) is 7.08. The number of β-amino-alcohol motifs (C(OH)–C–C–N with tert-alkyl or cyclic N) is 1. The van der Waals surface area contributed by atoms with E-state index in [2.05, 4.69) is 19.2 Å². The number of hydrogen-bond acceptors (Lipinski definition) is 3. The Hall–Kier alpha value is -0.320. The standard InChI is InChI=1S/C11H20N2O2.ClH/c1-7-5-13(6-8(7)2)11(15)10-3-9(14)4-12-10;/h7-10,12,14H,3-6H2,1-2H3;1H/t7?,8?,9-,10+;/m0./s1. The Morgan fingerprint density at radius 1 is 1.31 bits per heavy atom. The Morgan fingerprint density at radius 2 is 1.88 bits per heavy atom. The summed E-state index contributed by atoms with van der Waals surface area (Å²) in [5.74, 6) is 1.36. The Morgan fingerprint density at radius 3 is 2.31 bits per heavy atom. The Balaban J connectivity index is 0.00000128. The quantitative estimate of drug-likeness (QED) is 0.699. The fourth-order valence-electron chi connectivity index (χ4n) is 2.44. The Labute approximate surface area is 103 Å². The zero-order chi connectivity index (χ0) is 11.0. The monoisotopic (exact) mass is 248 g/mol. The van der Waals surface area contributed by atoms with Crippen molar-refractivity contribution in [1.82, 2.24) is 10.2 Å². The van der Waals surface area contributed by atoms with E-state index in [1.165, 1.54) is 0 Å². The lowest BCUT2D eigenvalue weighted by Crippen LogP contribution is -2.42. The summed E-state index contributed by atoms with van der Waals surface area (Å²) in [5, 5.41) is 12.4. The molecule has 0 spiro atoms. The molecular formula is C11H21ClN2O2. The van der Waals surface area contributed by atoms with Gasteiger partial charge in [0.25, 0.3) is 0 Å². The summed E-state index contributed by atoms with van der Waals surface area (Å²) in [6.45, 7) is 6.67. The molecule has 0 aliphatic carbocycles. The molecule has 2 saturated heterocycles. The molecule has 2 aliphatic heterocycles. The lowest BCUT2D eigenvalue weighted by Gasteiger charge is -2.20. The lowest BCUT2D eigenvalue weighted by molar-refractivity contribution is -0.132. The van der Waals surface area contributed by atoms with Crippen molar-refractivity contribution >= 4 is 18.3 Å². The smallest absolute Gasteiger partial charge is 0.239 e. The van der Waals surface area contributed by atoms with Crippen LogP contribution in [0.1, 0.15) is 20.3 Å². The van der Waals surface area contributed by atoms with Crippen LogP contribution in [0.25, 0.3) is 0 Å². The first-order valence-corrected chi connectivity index (χ1v) is 5.78. The van der Waals surface area contributed by atoms with E-state index in [1.807, 2.05) is 4.90 Å². The van der Waals surface area contributed by atoms with Crippen molar-refractivity contribution in [2.75, 3.05) is 19.6 Å². The van der Waals surface area contributed by atoms with Crippen LogP contribution in [-0.2, 0) is 4.79 Å². The van der Waals surface area contributed by atoms with Gasteiger partial charge in [0.2, 0.25) is 5.91 Å². The van der Waals surface area contributed by atoms with Gasteiger partial charge in [-0.3, -0.25) is 4.79 Å². The second-order valence-corrected chi connectivity index (χ2v) is 5.05. The molecule has 0 aromatic rings. The van der Waals surface area contributed by atoms with Gasteiger partial charge in [-0.25, -0.2) is 0 Å². The summed E-state index contributed by atoms with van der Waals surface area (Å²) in [6.07, 6.45) is 0.217. The fourth-order valence-corrected chi connectivity index (χ4v) is 2.44. The number of hydrogen-bond donors (Lipinski definition) is 2. The predicted octanol–water partition coefficient (Wildman–Crippen LogP) is 0.245. The van der Waals surface area contributed by atoms with Crippen LogP contribution in [0.4, 0.5) is 0 Å². The first kappa shape index (κ1) is 13.7. The van der Waals surface area contributed by atoms with E-state index in [0.717, 1.165) is 13.1 Å². The maximum absolute atomic E-state index is 12.0. The largest absolute Gasteiger partial charge is 0.392 e. The molecule has 1 amide bonds. The number of aliphatic hydroxyl groups excluding tert-OH is 1. The number of amides is 1. The van der Waals surface area contributed by atoms with Gasteiger partial charge in [-0.2, -0.15) is 0 Å². The van der Waals surface area contributed by atoms with Gasteiger partial charge in [0.1, 0.15) is 0 Å². The summed E-state index contributed by atoms with van der Waals surface area (Å²) in [5.41, 5.74) is 0. The van der Waals surface area contributed by atoms with Gasteiger partial charge >= 0.3 is 0 Å². The summed E-state index contributed by atoms with van der Waals surface area (Å²) in [6, 6.07) is -0.155. The van der Waals surface area contributed by atoms with Crippen LogP contribution in [0.5, 0.6) is 0 Å². The minimum absolute atomic E-state index is 0. The van der Waals surface area contributed by atoms with Gasteiger partial charge < -0.3 is 15.3 Å². The van der Waals surface area contributed by atoms with Crippen molar-refractivity contribution < 1.29 is 9.90 Å². The molecule has 94 valence electrons. The number of carbonyl (C=O) groups is 1. The van der Waals surface area contributed by atoms with Crippen molar-refractivity contribution in [1.29, 1.82) is 0 Å². The normalized spacial score (nSPS) is 38.6. The van der Waals surface area contributed by atoms with E-state index in [-0.39, 0.29) is 30.5 Å². The van der Waals surface area contributed by atoms with Gasteiger partial charge in [0, 0.05) is 19.6 Å². The van der Waals surface area contributed by atoms with E-state index in [1.54, 1.807) is 0 Å². The number of likely N-dealkylation sites (tertiary alicyclic amines) is 1. The molecule has 4 atom stereocenters. The van der Waals surface area contributed by atoms with Crippen LogP contribution < -0.4 is 5.32 Å². The molecule has 5 heteroatoms. The van der Waals surface area contributed by atoms with E-state index in [0.29, 0.717) is 24.8 Å². The second-order valence-electron chi connectivity index (χ2n) is 5.05. The minimum Gasteiger partial charge on any atom is -0.392 e. The second kappa shape index (κ2) is 5.34. The van der Waals surface area contributed by atoms with Gasteiger partial charge in [0.15, 0.2) is 0 Å². The molecule has 0 saturated carbocycles. The molecule has 0 aromatic carbocycles. The molecule has 2 fully saturated rings. The van der Waals surface area contributed by atoms with Crippen molar-refractivity contribution in [2.24, 2.45) is 11.8 Å². The van der Waals surface area contributed by atoms with Crippen molar-refractivity contribution in [3.63, 3.8) is 0 Å². The molecule has 2 heterocycles. The number of aliphatic hydroxyl groups is 1. The maximum Gasteiger partial charge on any atom is 0.239 e. The summed E-state index contributed by atoms with van der Waals surface area (Å²) in [7, 11) is 0. The van der Waals surface area contributed by atoms with E-state index in [4.69, 9.17) is 0 Å². The number of rotatable bonds is 1. The zero-order valence-corrected chi connectivity index (χ0v) is 10.7. The highest BCUT2D eigenvalue weighted by atomic mass is 35.5. The summed E-state index contributed by atoms with van der Waals surface area (Å²) in [4.78, 5) is 14.0. The molecular weight excluding hydrogens is 228 g/mol. The highest BCUT2D eigenvalue weighted by Crippen LogP contribution is 2.23. The molecule has 0 radical (unpaired) electrons. The third-order valence-electron chi connectivity index (χ3n) is 3.71. The molecule has 2 aliphatic rings. The number of nitrogens with one attached hydrogen (secondary N) is 1. The number of nitrogens with zero attached hydrogens (tertiary/aromatic N) is 1. The third kappa shape index (κ3) is 2.67. The van der Waals surface area contributed by atoms with Gasteiger partial charge in [0.05, 0.1) is 12.1 Å². The van der Waals surface area contributed by atoms with Crippen molar-refractivity contribution in [3.8, 4) is 0 Å². The van der Waals surface area contributed by atoms with Crippen LogP contribution in [-0.4, -0.2) is 47.7 Å². The number of carbonyl (C=O) groups excluding carboxylic acids is 1. The van der Waals surface area contributed by atoms with Gasteiger partial charge in [-0.15, -0.1) is 12.4 Å². The van der Waals surface area contributed by atoms with Crippen molar-refractivity contribution in [2.45, 2.75) is 32.4 Å². The molecule has 2 unspecified atom stereocenters. The highest BCUT2D eigenvalue weighted by molar-refractivity contribution is 5.85. The summed E-state index contributed by atoms with van der Waals surface area (Å²) < 4.78 is 0. The topological polar surface area (TPSA) is 52.6 Å². The molecule has 0 bridgehead atoms. The minimum atomic E-state index is -0.351. The summed E-state index contributed by atoms with van der Waals surface area (Å²) >= 11 is 0. The highest BCUT2D eigenvalue weighted by Gasteiger charge is 2.36. The van der Waals surface area contributed by atoms with Crippen molar-refractivity contribution in [3.05, 3.63) is 0 Å². The molecule has 0 aromatic heterocycles. The van der Waals surface area contributed by atoms with E-state index in [9.17, 15) is 9.90 Å². The van der Waals surface area contributed by atoms with Gasteiger partial charge in [-0.05, 0) is 18.3 Å². The predicted molar refractivity (Wildman–Crippen MR) is 64.6 cm³/mol. The van der Waals surface area contributed by atoms with Crippen LogP contribution in [0.3, 0.4) is 0 Å².